The van der Waals surface area contributed by atoms with Crippen LogP contribution >= 0.6 is 39.1 Å². The van der Waals surface area contributed by atoms with Crippen LogP contribution < -0.4 is 5.32 Å². The zero-order valence-corrected chi connectivity index (χ0v) is 19.0. The van der Waals surface area contributed by atoms with Gasteiger partial charge in [0.15, 0.2) is 0 Å². The van der Waals surface area contributed by atoms with Crippen molar-refractivity contribution in [3.63, 3.8) is 0 Å². The first-order valence-electron chi connectivity index (χ1n) is 9.48. The predicted octanol–water partition coefficient (Wildman–Crippen LogP) is 6.49. The summed E-state index contributed by atoms with van der Waals surface area (Å²) in [6.07, 6.45) is 1.66. The van der Waals surface area contributed by atoms with Gasteiger partial charge in [0, 0.05) is 16.1 Å². The van der Waals surface area contributed by atoms with E-state index in [0.29, 0.717) is 21.1 Å². The first-order valence-corrected chi connectivity index (χ1v) is 11.0. The zero-order valence-electron chi connectivity index (χ0n) is 15.9. The molecule has 1 N–H and O–H groups in total. The van der Waals surface area contributed by atoms with Crippen LogP contribution in [0.15, 0.2) is 40.9 Å². The highest BCUT2D eigenvalue weighted by Crippen LogP contribution is 2.67. The summed E-state index contributed by atoms with van der Waals surface area (Å²) in [5, 5.41) is 4.01. The summed E-state index contributed by atoms with van der Waals surface area (Å²) in [5.41, 5.74) is 2.82. The quantitative estimate of drug-likeness (QED) is 0.446. The maximum atomic E-state index is 13.7. The molecule has 5 rings (SSSR count). The minimum absolute atomic E-state index is 0.0280. The lowest BCUT2D eigenvalue weighted by atomic mass is 9.67. The van der Waals surface area contributed by atoms with Gasteiger partial charge in [-0.05, 0) is 54.7 Å². The molecule has 0 radical (unpaired) electrons. The molecule has 1 aromatic heterocycles. The second-order valence-electron chi connectivity index (χ2n) is 8.39. The highest BCUT2D eigenvalue weighted by Gasteiger charge is 2.67. The Balaban J connectivity index is 1.66. The summed E-state index contributed by atoms with van der Waals surface area (Å²) < 4.78 is 0.967. The molecule has 1 fully saturated rings. The lowest BCUT2D eigenvalue weighted by Gasteiger charge is -2.36. The molecule has 7 heteroatoms. The number of hydrogen-bond acceptors (Lipinski definition) is 3. The molecule has 2 aromatic carbocycles. The van der Waals surface area contributed by atoms with Gasteiger partial charge < -0.3 is 5.32 Å². The molecule has 4 nitrogen and oxygen atoms in total. The van der Waals surface area contributed by atoms with Gasteiger partial charge in [0.2, 0.25) is 5.91 Å². The number of fused-ring (bicyclic) bond motifs is 6. The number of halogens is 3. The standard InChI is InChI=1S/C22H18BrCl2N3O/c1-21(2)13-7-8-22(21,20(29)26-12-5-3-11(23)4-6-12)19-18(13)27-16-9-14(24)15(25)10-17(16)28-19/h3-6,9-10,13H,7-8H2,1-2H3,(H,26,29). The average molecular weight is 491 g/mol. The number of amides is 1. The largest absolute Gasteiger partial charge is 0.325 e. The molecular weight excluding hydrogens is 473 g/mol. The van der Waals surface area contributed by atoms with Crippen LogP contribution in [0, 0.1) is 5.41 Å². The summed E-state index contributed by atoms with van der Waals surface area (Å²) in [6.45, 7) is 4.31. The minimum atomic E-state index is -0.729. The Bertz CT molecular complexity index is 1180. The Morgan fingerprint density at radius 1 is 1.10 bits per heavy atom. The molecule has 0 spiro atoms. The van der Waals surface area contributed by atoms with E-state index in [0.717, 1.165) is 34.4 Å². The fourth-order valence-corrected chi connectivity index (χ4v) is 5.73. The van der Waals surface area contributed by atoms with Crippen LogP contribution in [0.25, 0.3) is 11.0 Å². The van der Waals surface area contributed by atoms with Gasteiger partial charge in [0.1, 0.15) is 0 Å². The van der Waals surface area contributed by atoms with Crippen LogP contribution in [-0.4, -0.2) is 15.9 Å². The number of nitrogens with zero attached hydrogens (tertiary/aromatic N) is 2. The molecule has 2 aliphatic rings. The van der Waals surface area contributed by atoms with E-state index in [1.807, 2.05) is 24.3 Å². The monoisotopic (exact) mass is 489 g/mol. The summed E-state index contributed by atoms with van der Waals surface area (Å²) in [6, 6.07) is 11.1. The molecule has 2 atom stereocenters. The summed E-state index contributed by atoms with van der Waals surface area (Å²) in [7, 11) is 0. The number of nitrogens with one attached hydrogen (secondary N) is 1. The Hall–Kier alpha value is -1.69. The second kappa shape index (κ2) is 6.40. The number of hydrogen-bond donors (Lipinski definition) is 1. The molecule has 148 valence electrons. The van der Waals surface area contributed by atoms with Crippen molar-refractivity contribution in [2.45, 2.75) is 38.0 Å². The predicted molar refractivity (Wildman–Crippen MR) is 120 cm³/mol. The summed E-state index contributed by atoms with van der Waals surface area (Å²) in [4.78, 5) is 23.5. The van der Waals surface area contributed by atoms with Crippen LogP contribution in [0.3, 0.4) is 0 Å². The third-order valence-corrected chi connectivity index (χ3v) is 7.99. The van der Waals surface area contributed by atoms with E-state index in [2.05, 4.69) is 35.1 Å². The SMILES string of the molecule is CC1(C)C2CCC1(C(=O)Nc1ccc(Br)cc1)c1nc3cc(Cl)c(Cl)cc3nc12. The van der Waals surface area contributed by atoms with Crippen LogP contribution in [0.5, 0.6) is 0 Å². The molecule has 29 heavy (non-hydrogen) atoms. The van der Waals surface area contributed by atoms with Crippen molar-refractivity contribution >= 4 is 61.8 Å². The third kappa shape index (κ3) is 2.60. The molecule has 1 amide bonds. The van der Waals surface area contributed by atoms with Crippen LogP contribution in [-0.2, 0) is 10.2 Å². The number of carbonyl (C=O) groups is 1. The topological polar surface area (TPSA) is 54.9 Å². The molecule has 0 saturated heterocycles. The van der Waals surface area contributed by atoms with Gasteiger partial charge >= 0.3 is 0 Å². The lowest BCUT2D eigenvalue weighted by Crippen LogP contribution is -2.46. The first-order chi connectivity index (χ1) is 13.7. The first kappa shape index (κ1) is 19.3. The number of carbonyl (C=O) groups excluding carboxylic acids is 1. The van der Waals surface area contributed by atoms with Gasteiger partial charge in [-0.1, -0.05) is 53.0 Å². The van der Waals surface area contributed by atoms with Crippen molar-refractivity contribution in [1.29, 1.82) is 0 Å². The molecule has 1 heterocycles. The van der Waals surface area contributed by atoms with E-state index < -0.39 is 5.41 Å². The van der Waals surface area contributed by atoms with E-state index in [-0.39, 0.29) is 17.2 Å². The fourth-order valence-electron chi connectivity index (χ4n) is 5.15. The Labute approximate surface area is 187 Å². The van der Waals surface area contributed by atoms with Gasteiger partial charge in [-0.15, -0.1) is 0 Å². The van der Waals surface area contributed by atoms with Crippen molar-refractivity contribution in [2.24, 2.45) is 5.41 Å². The van der Waals surface area contributed by atoms with Crippen molar-refractivity contribution < 1.29 is 4.79 Å². The fraction of sp³-hybridized carbons (Fsp3) is 0.318. The van der Waals surface area contributed by atoms with E-state index >= 15 is 0 Å². The van der Waals surface area contributed by atoms with Gasteiger partial charge in [-0.2, -0.15) is 0 Å². The van der Waals surface area contributed by atoms with Gasteiger partial charge in [0.05, 0.1) is 37.9 Å². The Morgan fingerprint density at radius 2 is 1.72 bits per heavy atom. The molecule has 3 aromatic rings. The van der Waals surface area contributed by atoms with Gasteiger partial charge in [-0.3, -0.25) is 4.79 Å². The number of benzene rings is 2. The maximum Gasteiger partial charge on any atom is 0.237 e. The third-order valence-electron chi connectivity index (χ3n) is 6.74. The van der Waals surface area contributed by atoms with Crippen LogP contribution in [0.1, 0.15) is 44.0 Å². The van der Waals surface area contributed by atoms with Crippen LogP contribution in [0.4, 0.5) is 5.69 Å². The molecule has 1 saturated carbocycles. The highest BCUT2D eigenvalue weighted by atomic mass is 79.9. The Kier molecular flexibility index (Phi) is 4.26. The van der Waals surface area contributed by atoms with Crippen molar-refractivity contribution in [1.82, 2.24) is 9.97 Å². The number of aromatic nitrogens is 2. The van der Waals surface area contributed by atoms with E-state index in [9.17, 15) is 4.79 Å². The molecule has 2 bridgehead atoms. The summed E-state index contributed by atoms with van der Waals surface area (Å²) in [5.74, 6) is 0.152. The normalized spacial score (nSPS) is 24.0. The van der Waals surface area contributed by atoms with Gasteiger partial charge in [0.25, 0.3) is 0 Å². The lowest BCUT2D eigenvalue weighted by molar-refractivity contribution is -0.124. The van der Waals surface area contributed by atoms with Crippen molar-refractivity contribution in [3.05, 3.63) is 62.3 Å². The van der Waals surface area contributed by atoms with Crippen LogP contribution in [0.2, 0.25) is 10.0 Å². The molecule has 2 unspecified atom stereocenters. The molecule has 0 aliphatic heterocycles. The second-order valence-corrected chi connectivity index (χ2v) is 10.1. The zero-order chi connectivity index (χ0) is 20.6. The van der Waals surface area contributed by atoms with Crippen molar-refractivity contribution in [3.8, 4) is 0 Å². The molecular formula is C22H18BrCl2N3O. The maximum absolute atomic E-state index is 13.7. The smallest absolute Gasteiger partial charge is 0.237 e. The average Bonchev–Trinajstić information content (AvgIpc) is 3.05. The highest BCUT2D eigenvalue weighted by molar-refractivity contribution is 9.10. The van der Waals surface area contributed by atoms with Crippen molar-refractivity contribution in [2.75, 3.05) is 5.32 Å². The molecule has 2 aliphatic carbocycles. The minimum Gasteiger partial charge on any atom is -0.325 e. The Morgan fingerprint density at radius 3 is 2.38 bits per heavy atom. The number of rotatable bonds is 2. The van der Waals surface area contributed by atoms with Gasteiger partial charge in [-0.25, -0.2) is 9.97 Å². The van der Waals surface area contributed by atoms with E-state index in [1.54, 1.807) is 12.1 Å². The summed E-state index contributed by atoms with van der Waals surface area (Å²) >= 11 is 15.8. The van der Waals surface area contributed by atoms with E-state index in [4.69, 9.17) is 33.2 Å². The number of anilines is 1. The van der Waals surface area contributed by atoms with E-state index in [1.165, 1.54) is 0 Å².